The molecule has 2 heteroatoms. The van der Waals surface area contributed by atoms with E-state index in [1.165, 1.54) is 0 Å². The lowest BCUT2D eigenvalue weighted by atomic mass is 9.78. The topological polar surface area (TPSA) is 32.8 Å². The van der Waals surface area contributed by atoms with Gasteiger partial charge in [0.05, 0.1) is 0 Å². The molecule has 0 aliphatic carbocycles. The van der Waals surface area contributed by atoms with E-state index in [1.54, 1.807) is 0 Å². The first-order chi connectivity index (χ1) is 4.46. The molecule has 0 amide bonds. The zero-order valence-corrected chi connectivity index (χ0v) is 7.09. The van der Waals surface area contributed by atoms with Crippen molar-refractivity contribution in [1.29, 1.82) is 0 Å². The van der Waals surface area contributed by atoms with Gasteiger partial charge < -0.3 is 9.84 Å². The second-order valence-corrected chi connectivity index (χ2v) is 3.92. The van der Waals surface area contributed by atoms with E-state index in [0.29, 0.717) is 5.92 Å². The zero-order chi connectivity index (χ0) is 7.94. The van der Waals surface area contributed by atoms with E-state index in [0.717, 1.165) is 0 Å². The van der Waals surface area contributed by atoms with Crippen LogP contribution in [0, 0.1) is 11.3 Å². The smallest absolute Gasteiger partial charge is 0.182 e. The third kappa shape index (κ3) is 1.18. The molecule has 0 aromatic heterocycles. The Balaban J connectivity index is 2.52. The van der Waals surface area contributed by atoms with Gasteiger partial charge in [-0.25, -0.2) is 0 Å². The van der Waals surface area contributed by atoms with E-state index in [4.69, 9.17) is 9.84 Å². The van der Waals surface area contributed by atoms with Crippen LogP contribution in [0.4, 0.5) is 0 Å². The van der Waals surface area contributed by atoms with Crippen molar-refractivity contribution in [3.63, 3.8) is 0 Å². The Morgan fingerprint density at radius 2 is 1.80 bits per heavy atom. The summed E-state index contributed by atoms with van der Waals surface area (Å²) in [6.07, 6.45) is -0.440. The first-order valence-corrected chi connectivity index (χ1v) is 3.79. The van der Waals surface area contributed by atoms with E-state index in [-0.39, 0.29) is 11.5 Å². The Hall–Kier alpha value is -0.0800. The minimum Gasteiger partial charge on any atom is -0.366 e. The second kappa shape index (κ2) is 2.21. The van der Waals surface area contributed by atoms with Crippen LogP contribution in [-0.2, 0) is 4.74 Å². The van der Waals surface area contributed by atoms with Crippen LogP contribution in [0.1, 0.15) is 27.7 Å². The molecule has 1 rings (SSSR count). The van der Waals surface area contributed by atoms with E-state index in [9.17, 15) is 0 Å². The largest absolute Gasteiger partial charge is 0.366 e. The van der Waals surface area contributed by atoms with Gasteiger partial charge in [-0.15, -0.1) is 0 Å². The molecule has 0 spiro atoms. The Morgan fingerprint density at radius 3 is 1.90 bits per heavy atom. The third-order valence-corrected chi connectivity index (χ3v) is 2.69. The fourth-order valence-electron chi connectivity index (χ4n) is 0.976. The van der Waals surface area contributed by atoms with Crippen LogP contribution in [-0.4, -0.2) is 17.5 Å². The van der Waals surface area contributed by atoms with Crippen LogP contribution >= 0.6 is 0 Å². The molecule has 2 nitrogen and oxygen atoms in total. The van der Waals surface area contributed by atoms with Gasteiger partial charge in [-0.3, -0.25) is 0 Å². The number of epoxide rings is 1. The highest BCUT2D eigenvalue weighted by Gasteiger charge is 2.50. The van der Waals surface area contributed by atoms with Crippen LogP contribution < -0.4 is 0 Å². The molecule has 1 N–H and O–H groups in total. The molecule has 2 unspecified atom stereocenters. The van der Waals surface area contributed by atoms with Gasteiger partial charge in [-0.1, -0.05) is 27.7 Å². The van der Waals surface area contributed by atoms with Crippen molar-refractivity contribution in [3.05, 3.63) is 0 Å². The lowest BCUT2D eigenvalue weighted by Crippen LogP contribution is -2.27. The summed E-state index contributed by atoms with van der Waals surface area (Å²) in [5, 5.41) is 8.99. The highest BCUT2D eigenvalue weighted by Crippen LogP contribution is 2.42. The van der Waals surface area contributed by atoms with Crippen molar-refractivity contribution in [2.24, 2.45) is 11.3 Å². The molecular formula is C8H16O2. The monoisotopic (exact) mass is 144 g/mol. The van der Waals surface area contributed by atoms with E-state index < -0.39 is 6.29 Å². The first kappa shape index (κ1) is 8.02. The molecule has 0 aromatic rings. The summed E-state index contributed by atoms with van der Waals surface area (Å²) in [7, 11) is 0. The van der Waals surface area contributed by atoms with Gasteiger partial charge in [0.2, 0.25) is 0 Å². The highest BCUT2D eigenvalue weighted by molar-refractivity contribution is 4.91. The van der Waals surface area contributed by atoms with Crippen molar-refractivity contribution in [2.75, 3.05) is 0 Å². The van der Waals surface area contributed by atoms with Crippen molar-refractivity contribution in [3.8, 4) is 0 Å². The average Bonchev–Trinajstić information content (AvgIpc) is 2.46. The minimum atomic E-state index is -0.502. The van der Waals surface area contributed by atoms with E-state index in [2.05, 4.69) is 27.7 Å². The van der Waals surface area contributed by atoms with Crippen molar-refractivity contribution in [1.82, 2.24) is 0 Å². The van der Waals surface area contributed by atoms with Crippen molar-refractivity contribution >= 4 is 0 Å². The summed E-state index contributed by atoms with van der Waals surface area (Å²) in [5.74, 6) is 0.551. The molecular weight excluding hydrogens is 128 g/mol. The van der Waals surface area contributed by atoms with Gasteiger partial charge in [-0.05, 0) is 11.3 Å². The lowest BCUT2D eigenvalue weighted by Gasteiger charge is -2.26. The predicted molar refractivity (Wildman–Crippen MR) is 39.5 cm³/mol. The maximum Gasteiger partial charge on any atom is 0.182 e. The maximum absolute atomic E-state index is 8.99. The molecule has 1 heterocycles. The molecule has 1 fully saturated rings. The molecule has 0 saturated carbocycles. The quantitative estimate of drug-likeness (QED) is 0.594. The number of aliphatic hydroxyl groups excluding tert-OH is 1. The standard InChI is InChI=1S/C8H16O2/c1-5(2)8(3,4)6-7(9)10-6/h5-7,9H,1-4H3. The van der Waals surface area contributed by atoms with E-state index >= 15 is 0 Å². The van der Waals surface area contributed by atoms with Crippen LogP contribution in [0.15, 0.2) is 0 Å². The Labute approximate surface area is 62.2 Å². The summed E-state index contributed by atoms with van der Waals surface area (Å²) < 4.78 is 5.00. The number of hydrogen-bond acceptors (Lipinski definition) is 2. The summed E-state index contributed by atoms with van der Waals surface area (Å²) in [6, 6.07) is 0. The molecule has 1 saturated heterocycles. The predicted octanol–water partition coefficient (Wildman–Crippen LogP) is 1.39. The average molecular weight is 144 g/mol. The fourth-order valence-corrected chi connectivity index (χ4v) is 0.976. The van der Waals surface area contributed by atoms with Gasteiger partial charge in [0, 0.05) is 0 Å². The van der Waals surface area contributed by atoms with Crippen LogP contribution in [0.3, 0.4) is 0 Å². The van der Waals surface area contributed by atoms with Crippen LogP contribution in [0.5, 0.6) is 0 Å². The van der Waals surface area contributed by atoms with Gasteiger partial charge in [0.15, 0.2) is 6.29 Å². The first-order valence-electron chi connectivity index (χ1n) is 3.79. The summed E-state index contributed by atoms with van der Waals surface area (Å²) in [6.45, 7) is 8.54. The minimum absolute atomic E-state index is 0.0625. The Kier molecular flexibility index (Phi) is 1.77. The van der Waals surface area contributed by atoms with E-state index in [1.807, 2.05) is 0 Å². The van der Waals surface area contributed by atoms with Gasteiger partial charge in [0.25, 0.3) is 0 Å². The molecule has 2 atom stereocenters. The van der Waals surface area contributed by atoms with Gasteiger partial charge in [-0.2, -0.15) is 0 Å². The lowest BCUT2D eigenvalue weighted by molar-refractivity contribution is 0.150. The second-order valence-electron chi connectivity index (χ2n) is 3.92. The molecule has 0 aromatic carbocycles. The normalized spacial score (nSPS) is 33.0. The Bertz CT molecular complexity index is 129. The number of rotatable bonds is 2. The molecule has 1 aliphatic rings. The van der Waals surface area contributed by atoms with Crippen LogP contribution in [0.2, 0.25) is 0 Å². The SMILES string of the molecule is CC(C)C(C)(C)C1OC1O. The zero-order valence-electron chi connectivity index (χ0n) is 7.09. The van der Waals surface area contributed by atoms with Crippen LogP contribution in [0.25, 0.3) is 0 Å². The molecule has 60 valence electrons. The highest BCUT2D eigenvalue weighted by atomic mass is 16.7. The van der Waals surface area contributed by atoms with Gasteiger partial charge in [0.1, 0.15) is 6.10 Å². The molecule has 0 radical (unpaired) electrons. The summed E-state index contributed by atoms with van der Waals surface area (Å²) in [5.41, 5.74) is 0.111. The molecule has 10 heavy (non-hydrogen) atoms. The maximum atomic E-state index is 8.99. The number of hydrogen-bond donors (Lipinski definition) is 1. The molecule has 0 bridgehead atoms. The summed E-state index contributed by atoms with van der Waals surface area (Å²) in [4.78, 5) is 0. The van der Waals surface area contributed by atoms with Gasteiger partial charge >= 0.3 is 0 Å². The number of ether oxygens (including phenoxy) is 1. The fraction of sp³-hybridized carbons (Fsp3) is 1.00. The Morgan fingerprint density at radius 1 is 1.40 bits per heavy atom. The number of aliphatic hydroxyl groups is 1. The van der Waals surface area contributed by atoms with Crippen molar-refractivity contribution < 1.29 is 9.84 Å². The third-order valence-electron chi connectivity index (χ3n) is 2.69. The van der Waals surface area contributed by atoms with Crippen molar-refractivity contribution in [2.45, 2.75) is 40.1 Å². The molecule has 1 aliphatic heterocycles. The summed E-state index contributed by atoms with van der Waals surface area (Å²) >= 11 is 0.